The molecule has 1 N–H and O–H groups in total. The van der Waals surface area contributed by atoms with Gasteiger partial charge in [0.2, 0.25) is 0 Å². The van der Waals surface area contributed by atoms with Crippen LogP contribution in [0.1, 0.15) is 57.8 Å². The zero-order valence-electron chi connectivity index (χ0n) is 9.50. The fraction of sp³-hybridized carbons (Fsp3) is 0.769. The van der Waals surface area contributed by atoms with Crippen molar-refractivity contribution in [2.24, 2.45) is 5.41 Å². The van der Waals surface area contributed by atoms with Crippen molar-refractivity contribution < 1.29 is 9.90 Å². The van der Waals surface area contributed by atoms with Gasteiger partial charge in [-0.15, -0.1) is 6.58 Å². The Morgan fingerprint density at radius 3 is 2.20 bits per heavy atom. The summed E-state index contributed by atoms with van der Waals surface area (Å²) in [6.07, 6.45) is 11.0. The molecule has 0 atom stereocenters. The molecule has 1 rings (SSSR count). The van der Waals surface area contributed by atoms with Gasteiger partial charge in [-0.2, -0.15) is 0 Å². The summed E-state index contributed by atoms with van der Waals surface area (Å²) in [6, 6.07) is 0. The molecule has 15 heavy (non-hydrogen) atoms. The summed E-state index contributed by atoms with van der Waals surface area (Å²) in [5, 5.41) is 9.40. The van der Waals surface area contributed by atoms with Gasteiger partial charge in [0.05, 0.1) is 5.41 Å². The maximum atomic E-state index is 11.4. The molecule has 0 radical (unpaired) electrons. The van der Waals surface area contributed by atoms with E-state index in [0.29, 0.717) is 0 Å². The van der Waals surface area contributed by atoms with Gasteiger partial charge in [-0.05, 0) is 25.7 Å². The van der Waals surface area contributed by atoms with E-state index < -0.39 is 11.4 Å². The Balaban J connectivity index is 2.66. The maximum Gasteiger partial charge on any atom is 0.309 e. The second-order valence-electron chi connectivity index (χ2n) is 4.68. The lowest BCUT2D eigenvalue weighted by molar-refractivity contribution is -0.150. The van der Waals surface area contributed by atoms with Crippen molar-refractivity contribution in [3.05, 3.63) is 12.7 Å². The van der Waals surface area contributed by atoms with E-state index in [-0.39, 0.29) is 0 Å². The Morgan fingerprint density at radius 2 is 1.73 bits per heavy atom. The number of rotatable bonds is 4. The van der Waals surface area contributed by atoms with E-state index in [4.69, 9.17) is 0 Å². The lowest BCUT2D eigenvalue weighted by atomic mass is 9.73. The van der Waals surface area contributed by atoms with Crippen molar-refractivity contribution in [2.45, 2.75) is 57.8 Å². The van der Waals surface area contributed by atoms with Crippen LogP contribution in [0.4, 0.5) is 0 Å². The van der Waals surface area contributed by atoms with Crippen LogP contribution in [0.25, 0.3) is 0 Å². The van der Waals surface area contributed by atoms with E-state index in [1.54, 1.807) is 0 Å². The third kappa shape index (κ3) is 3.37. The molecule has 86 valence electrons. The Hall–Kier alpha value is -0.790. The third-order valence-corrected chi connectivity index (χ3v) is 3.59. The van der Waals surface area contributed by atoms with Gasteiger partial charge < -0.3 is 5.11 Å². The summed E-state index contributed by atoms with van der Waals surface area (Å²) in [7, 11) is 0. The third-order valence-electron chi connectivity index (χ3n) is 3.59. The minimum Gasteiger partial charge on any atom is -0.481 e. The van der Waals surface area contributed by atoms with Gasteiger partial charge in [0.25, 0.3) is 0 Å². The molecule has 0 saturated heterocycles. The van der Waals surface area contributed by atoms with Crippen LogP contribution in [0.5, 0.6) is 0 Å². The van der Waals surface area contributed by atoms with Crippen LogP contribution in [0.3, 0.4) is 0 Å². The molecule has 1 aliphatic carbocycles. The van der Waals surface area contributed by atoms with Crippen molar-refractivity contribution >= 4 is 5.97 Å². The van der Waals surface area contributed by atoms with Gasteiger partial charge >= 0.3 is 5.97 Å². The number of hydrogen-bond donors (Lipinski definition) is 1. The molecule has 0 unspecified atom stereocenters. The molecule has 2 heteroatoms. The number of aliphatic carboxylic acids is 1. The fourth-order valence-electron chi connectivity index (χ4n) is 2.53. The number of carboxylic acids is 1. The standard InChI is InChI=1S/C13H22O2/c1-2-3-9-13(12(14)15)10-7-5-4-6-8-11-13/h2H,1,3-11H2,(H,14,15). The monoisotopic (exact) mass is 210 g/mol. The van der Waals surface area contributed by atoms with E-state index in [9.17, 15) is 9.90 Å². The zero-order valence-corrected chi connectivity index (χ0v) is 9.50. The second-order valence-corrected chi connectivity index (χ2v) is 4.68. The van der Waals surface area contributed by atoms with Crippen LogP contribution in [0.2, 0.25) is 0 Å². The summed E-state index contributed by atoms with van der Waals surface area (Å²) in [5.74, 6) is -0.591. The molecule has 0 heterocycles. The van der Waals surface area contributed by atoms with Gasteiger partial charge in [-0.1, -0.05) is 38.2 Å². The molecular formula is C13H22O2. The summed E-state index contributed by atoms with van der Waals surface area (Å²) in [4.78, 5) is 11.4. The van der Waals surface area contributed by atoms with Gasteiger partial charge in [-0.3, -0.25) is 4.79 Å². The molecule has 1 aliphatic rings. The molecule has 2 nitrogen and oxygen atoms in total. The summed E-state index contributed by atoms with van der Waals surface area (Å²) < 4.78 is 0. The van der Waals surface area contributed by atoms with Gasteiger partial charge in [0, 0.05) is 0 Å². The van der Waals surface area contributed by atoms with Crippen LogP contribution in [-0.2, 0) is 4.79 Å². The number of hydrogen-bond acceptors (Lipinski definition) is 1. The highest BCUT2D eigenvalue weighted by Crippen LogP contribution is 2.38. The SMILES string of the molecule is C=CCCC1(C(=O)O)CCCCCCC1. The van der Waals surface area contributed by atoms with E-state index in [2.05, 4.69) is 6.58 Å². The van der Waals surface area contributed by atoms with E-state index >= 15 is 0 Å². The summed E-state index contributed by atoms with van der Waals surface area (Å²) in [5.41, 5.74) is -0.450. The first-order chi connectivity index (χ1) is 7.21. The highest BCUT2D eigenvalue weighted by molar-refractivity contribution is 5.74. The van der Waals surface area contributed by atoms with Gasteiger partial charge in [0.1, 0.15) is 0 Å². The van der Waals surface area contributed by atoms with E-state index in [1.165, 1.54) is 19.3 Å². The minimum absolute atomic E-state index is 0.450. The molecule has 0 aromatic rings. The molecule has 1 fully saturated rings. The number of carbonyl (C=O) groups is 1. The first-order valence-corrected chi connectivity index (χ1v) is 6.05. The molecule has 0 aliphatic heterocycles. The van der Waals surface area contributed by atoms with Gasteiger partial charge in [0.15, 0.2) is 0 Å². The highest BCUT2D eigenvalue weighted by atomic mass is 16.4. The quantitative estimate of drug-likeness (QED) is 0.717. The summed E-state index contributed by atoms with van der Waals surface area (Å²) >= 11 is 0. The second kappa shape index (κ2) is 5.94. The molecule has 0 amide bonds. The molecule has 1 saturated carbocycles. The van der Waals surface area contributed by atoms with E-state index in [0.717, 1.165) is 38.5 Å². The largest absolute Gasteiger partial charge is 0.481 e. The Kier molecular flexibility index (Phi) is 4.86. The normalized spacial score (nSPS) is 21.3. The Labute approximate surface area is 92.4 Å². The van der Waals surface area contributed by atoms with Crippen LogP contribution in [0, 0.1) is 5.41 Å². The molecule has 0 spiro atoms. The Bertz CT molecular complexity index is 213. The zero-order chi connectivity index (χ0) is 11.1. The predicted molar refractivity (Wildman–Crippen MR) is 61.8 cm³/mol. The smallest absolute Gasteiger partial charge is 0.309 e. The lowest BCUT2D eigenvalue weighted by Crippen LogP contribution is -2.31. The molecule has 0 aromatic heterocycles. The number of allylic oxidation sites excluding steroid dienone is 1. The van der Waals surface area contributed by atoms with Gasteiger partial charge in [-0.25, -0.2) is 0 Å². The van der Waals surface area contributed by atoms with Crippen LogP contribution in [0.15, 0.2) is 12.7 Å². The fourth-order valence-corrected chi connectivity index (χ4v) is 2.53. The highest BCUT2D eigenvalue weighted by Gasteiger charge is 2.36. The van der Waals surface area contributed by atoms with Crippen molar-refractivity contribution in [3.8, 4) is 0 Å². The van der Waals surface area contributed by atoms with E-state index in [1.807, 2.05) is 6.08 Å². The number of carboxylic acid groups (broad SMARTS) is 1. The lowest BCUT2D eigenvalue weighted by Gasteiger charge is -2.30. The topological polar surface area (TPSA) is 37.3 Å². The average molecular weight is 210 g/mol. The summed E-state index contributed by atoms with van der Waals surface area (Å²) in [6.45, 7) is 3.68. The van der Waals surface area contributed by atoms with Crippen molar-refractivity contribution in [1.29, 1.82) is 0 Å². The van der Waals surface area contributed by atoms with Crippen LogP contribution in [-0.4, -0.2) is 11.1 Å². The first-order valence-electron chi connectivity index (χ1n) is 6.05. The molecule has 0 bridgehead atoms. The average Bonchev–Trinajstić information content (AvgIpc) is 2.16. The van der Waals surface area contributed by atoms with Crippen molar-refractivity contribution in [2.75, 3.05) is 0 Å². The van der Waals surface area contributed by atoms with Crippen LogP contribution < -0.4 is 0 Å². The first kappa shape index (κ1) is 12.3. The Morgan fingerprint density at radius 1 is 1.20 bits per heavy atom. The van der Waals surface area contributed by atoms with Crippen molar-refractivity contribution in [3.63, 3.8) is 0 Å². The predicted octanol–water partition coefficient (Wildman–Crippen LogP) is 3.77. The van der Waals surface area contributed by atoms with Crippen molar-refractivity contribution in [1.82, 2.24) is 0 Å². The maximum absolute atomic E-state index is 11.4. The van der Waals surface area contributed by atoms with Crippen LogP contribution >= 0.6 is 0 Å². The molecular weight excluding hydrogens is 188 g/mol. The molecule has 0 aromatic carbocycles. The minimum atomic E-state index is -0.591.